The summed E-state index contributed by atoms with van der Waals surface area (Å²) in [6, 6.07) is 7.75. The SMILES string of the molecule is CCOc1cc([C@H]2C3=CCn4c(=O)n(C)c(=O)n4[C@@H]3C[C@H]3C(=O)N(c4ccc(F)c(Cl)c4)C(=O)[C@@]23C)ccc1O. The summed E-state index contributed by atoms with van der Waals surface area (Å²) in [6.07, 6.45) is 1.93. The maximum absolute atomic E-state index is 14.3. The Morgan fingerprint density at radius 3 is 2.58 bits per heavy atom. The molecule has 3 heterocycles. The number of rotatable bonds is 4. The Morgan fingerprint density at radius 2 is 1.88 bits per heavy atom. The fraction of sp³-hybridized carbons (Fsp3) is 0.357. The topological polar surface area (TPSA) is 116 Å². The molecule has 1 aromatic heterocycles. The maximum atomic E-state index is 14.3. The first kappa shape index (κ1) is 26.1. The zero-order valence-electron chi connectivity index (χ0n) is 21.9. The van der Waals surface area contributed by atoms with Gasteiger partial charge in [-0.15, -0.1) is 0 Å². The molecule has 2 fully saturated rings. The number of carbonyl (C=O) groups excluding carboxylic acids is 2. The van der Waals surface area contributed by atoms with Crippen LogP contribution in [0.5, 0.6) is 11.5 Å². The Balaban J connectivity index is 1.58. The second-order valence-electron chi connectivity index (χ2n) is 10.5. The van der Waals surface area contributed by atoms with Crippen molar-refractivity contribution >= 4 is 29.1 Å². The molecular weight excluding hydrogens is 543 g/mol. The van der Waals surface area contributed by atoms with Crippen LogP contribution in [0.4, 0.5) is 10.1 Å². The molecule has 40 heavy (non-hydrogen) atoms. The first-order valence-corrected chi connectivity index (χ1v) is 13.3. The van der Waals surface area contributed by atoms with E-state index in [0.717, 1.165) is 15.5 Å². The van der Waals surface area contributed by atoms with Crippen molar-refractivity contribution in [3.63, 3.8) is 0 Å². The van der Waals surface area contributed by atoms with Gasteiger partial charge < -0.3 is 9.84 Å². The van der Waals surface area contributed by atoms with Crippen molar-refractivity contribution in [1.82, 2.24) is 13.9 Å². The van der Waals surface area contributed by atoms with Gasteiger partial charge in [0.15, 0.2) is 11.5 Å². The molecule has 12 heteroatoms. The quantitative estimate of drug-likeness (QED) is 0.382. The third-order valence-corrected chi connectivity index (χ3v) is 8.80. The highest BCUT2D eigenvalue weighted by Gasteiger charge is 2.65. The van der Waals surface area contributed by atoms with E-state index < -0.39 is 52.3 Å². The molecule has 2 aliphatic heterocycles. The molecule has 10 nitrogen and oxygen atoms in total. The second-order valence-corrected chi connectivity index (χ2v) is 10.9. The van der Waals surface area contributed by atoms with Crippen molar-refractivity contribution in [3.8, 4) is 11.5 Å². The summed E-state index contributed by atoms with van der Waals surface area (Å²) in [6.45, 7) is 3.88. The number of imide groups is 1. The monoisotopic (exact) mass is 568 g/mol. The van der Waals surface area contributed by atoms with Crippen LogP contribution in [-0.4, -0.2) is 37.5 Å². The fourth-order valence-corrected chi connectivity index (χ4v) is 6.79. The minimum Gasteiger partial charge on any atom is -0.504 e. The normalized spacial score (nSPS) is 25.4. The summed E-state index contributed by atoms with van der Waals surface area (Å²) in [5.74, 6) is -3.17. The van der Waals surface area contributed by atoms with Gasteiger partial charge in [0.1, 0.15) is 5.82 Å². The predicted molar refractivity (Wildman–Crippen MR) is 143 cm³/mol. The number of phenols is 1. The van der Waals surface area contributed by atoms with Gasteiger partial charge in [0.05, 0.1) is 41.2 Å². The number of hydrogen-bond acceptors (Lipinski definition) is 6. The highest BCUT2D eigenvalue weighted by Crippen LogP contribution is 2.61. The Bertz CT molecular complexity index is 1760. The van der Waals surface area contributed by atoms with Gasteiger partial charge in [-0.1, -0.05) is 23.7 Å². The van der Waals surface area contributed by atoms with Crippen LogP contribution in [0.25, 0.3) is 0 Å². The molecule has 1 aliphatic carbocycles. The Kier molecular flexibility index (Phi) is 5.85. The van der Waals surface area contributed by atoms with E-state index in [-0.39, 0.29) is 41.8 Å². The Hall–Kier alpha value is -4.12. The van der Waals surface area contributed by atoms with Crippen molar-refractivity contribution < 1.29 is 23.8 Å². The first-order valence-electron chi connectivity index (χ1n) is 12.9. The lowest BCUT2D eigenvalue weighted by Gasteiger charge is -2.47. The van der Waals surface area contributed by atoms with E-state index in [0.29, 0.717) is 11.1 Å². The van der Waals surface area contributed by atoms with E-state index in [2.05, 4.69) is 0 Å². The predicted octanol–water partition coefficient (Wildman–Crippen LogP) is 3.11. The van der Waals surface area contributed by atoms with Crippen LogP contribution in [0.3, 0.4) is 0 Å². The van der Waals surface area contributed by atoms with Crippen molar-refractivity contribution in [3.05, 3.63) is 85.4 Å². The van der Waals surface area contributed by atoms with Crippen LogP contribution in [-0.2, 0) is 23.2 Å². The number of benzene rings is 2. The van der Waals surface area contributed by atoms with Gasteiger partial charge in [0.2, 0.25) is 11.8 Å². The number of carbonyl (C=O) groups is 2. The van der Waals surface area contributed by atoms with Gasteiger partial charge in [-0.25, -0.2) is 32.8 Å². The van der Waals surface area contributed by atoms with Gasteiger partial charge >= 0.3 is 11.4 Å². The zero-order valence-corrected chi connectivity index (χ0v) is 22.7. The third kappa shape index (κ3) is 3.39. The molecule has 0 spiro atoms. The molecule has 3 aromatic rings. The summed E-state index contributed by atoms with van der Waals surface area (Å²) < 4.78 is 23.3. The Morgan fingerprint density at radius 1 is 1.12 bits per heavy atom. The molecule has 3 aliphatic rings. The lowest BCUT2D eigenvalue weighted by Crippen LogP contribution is -2.49. The number of aromatic nitrogens is 3. The third-order valence-electron chi connectivity index (χ3n) is 8.51. The highest BCUT2D eigenvalue weighted by molar-refractivity contribution is 6.31. The Labute approximate surface area is 232 Å². The second kappa shape index (κ2) is 8.95. The summed E-state index contributed by atoms with van der Waals surface area (Å²) in [5, 5.41) is 10.2. The fourth-order valence-electron chi connectivity index (χ4n) is 6.62. The minimum atomic E-state index is -1.32. The molecule has 4 atom stereocenters. The molecule has 0 unspecified atom stereocenters. The van der Waals surface area contributed by atoms with Crippen LogP contribution in [0.15, 0.2) is 57.6 Å². The van der Waals surface area contributed by atoms with Gasteiger partial charge in [0, 0.05) is 13.0 Å². The summed E-state index contributed by atoms with van der Waals surface area (Å²) in [4.78, 5) is 55.3. The molecule has 1 N–H and O–H groups in total. The molecule has 0 bridgehead atoms. The van der Waals surface area contributed by atoms with Crippen LogP contribution in [0.2, 0.25) is 5.02 Å². The van der Waals surface area contributed by atoms with E-state index in [9.17, 15) is 28.7 Å². The number of allylic oxidation sites excluding steroid dienone is 2. The molecule has 208 valence electrons. The van der Waals surface area contributed by atoms with E-state index in [4.69, 9.17) is 16.3 Å². The first-order chi connectivity index (χ1) is 19.0. The summed E-state index contributed by atoms with van der Waals surface area (Å²) in [7, 11) is 1.39. The molecule has 6 rings (SSSR count). The van der Waals surface area contributed by atoms with Crippen molar-refractivity contribution in [2.45, 2.75) is 38.8 Å². The van der Waals surface area contributed by atoms with Crippen molar-refractivity contribution in [1.29, 1.82) is 0 Å². The van der Waals surface area contributed by atoms with E-state index in [1.165, 1.54) is 34.6 Å². The number of nitrogens with zero attached hydrogens (tertiary/aromatic N) is 4. The van der Waals surface area contributed by atoms with Gasteiger partial charge in [-0.2, -0.15) is 0 Å². The number of aromatic hydroxyl groups is 1. The lowest BCUT2D eigenvalue weighted by molar-refractivity contribution is -0.129. The highest BCUT2D eigenvalue weighted by atomic mass is 35.5. The number of hydrogen-bond donors (Lipinski definition) is 1. The van der Waals surface area contributed by atoms with E-state index in [1.807, 2.05) is 6.08 Å². The van der Waals surface area contributed by atoms with E-state index in [1.54, 1.807) is 26.0 Å². The zero-order chi connectivity index (χ0) is 28.7. The largest absolute Gasteiger partial charge is 0.504 e. The van der Waals surface area contributed by atoms with Crippen LogP contribution in [0.1, 0.15) is 37.8 Å². The smallest absolute Gasteiger partial charge is 0.347 e. The van der Waals surface area contributed by atoms with Gasteiger partial charge in [-0.05, 0) is 61.7 Å². The average Bonchev–Trinajstić information content (AvgIpc) is 3.27. The number of anilines is 1. The standard InChI is InChI=1S/C28H26ClFN4O6/c1-4-40-22-11-14(5-8-21(22)35)23-16-9-10-32-26(38)31(3)27(39)34(32)20(16)13-17-24(36)33(25(37)28(17,23)2)15-6-7-19(30)18(29)12-15/h5-9,11-12,17,20,23,35H,4,10,13H2,1-3H3/t17-,20+,23-,28+/m0/s1. The van der Waals surface area contributed by atoms with Gasteiger partial charge in [-0.3, -0.25) is 9.59 Å². The summed E-state index contributed by atoms with van der Waals surface area (Å²) in [5.41, 5.74) is -0.874. The van der Waals surface area contributed by atoms with Crippen LogP contribution >= 0.6 is 11.6 Å². The number of fused-ring (bicyclic) bond motifs is 4. The average molecular weight is 569 g/mol. The lowest BCUT2D eigenvalue weighted by atomic mass is 9.56. The van der Waals surface area contributed by atoms with Gasteiger partial charge in [0.25, 0.3) is 0 Å². The van der Waals surface area contributed by atoms with Crippen LogP contribution in [0, 0.1) is 17.2 Å². The molecule has 2 amide bonds. The molecule has 1 saturated heterocycles. The number of phenolic OH excluding ortho intramolecular Hbond substituents is 1. The number of ether oxygens (including phenoxy) is 1. The molecule has 2 aromatic carbocycles. The number of halogens is 2. The van der Waals surface area contributed by atoms with Crippen molar-refractivity contribution in [2.24, 2.45) is 18.4 Å². The number of amides is 2. The molecule has 0 radical (unpaired) electrons. The summed E-state index contributed by atoms with van der Waals surface area (Å²) >= 11 is 6.01. The molecular formula is C28H26ClFN4O6. The van der Waals surface area contributed by atoms with Crippen LogP contribution < -0.4 is 21.0 Å². The van der Waals surface area contributed by atoms with E-state index >= 15 is 0 Å². The molecule has 1 saturated carbocycles. The maximum Gasteiger partial charge on any atom is 0.347 e. The van der Waals surface area contributed by atoms with Crippen molar-refractivity contribution in [2.75, 3.05) is 11.5 Å². The minimum absolute atomic E-state index is 0.0817.